The first kappa shape index (κ1) is 20.9. The van der Waals surface area contributed by atoms with Gasteiger partial charge in [-0.3, -0.25) is 9.59 Å². The Morgan fingerprint density at radius 3 is 2.62 bits per heavy atom. The number of likely N-dealkylation sites (tertiary alicyclic amines) is 1. The van der Waals surface area contributed by atoms with Crippen molar-refractivity contribution in [3.8, 4) is 6.07 Å². The fourth-order valence-corrected chi connectivity index (χ4v) is 8.56. The Morgan fingerprint density at radius 1 is 1.09 bits per heavy atom. The van der Waals surface area contributed by atoms with Gasteiger partial charge in [0.2, 0.25) is 5.91 Å². The van der Waals surface area contributed by atoms with Crippen LogP contribution in [-0.2, 0) is 14.3 Å². The van der Waals surface area contributed by atoms with Gasteiger partial charge < -0.3 is 20.7 Å². The predicted octanol–water partition coefficient (Wildman–Crippen LogP) is 2.24. The molecular weight excluding hydrogens is 404 g/mol. The van der Waals surface area contributed by atoms with Crippen LogP contribution in [0.4, 0.5) is 0 Å². The maximum Gasteiger partial charge on any atom is 0.323 e. The second-order valence-electron chi connectivity index (χ2n) is 12.0. The summed E-state index contributed by atoms with van der Waals surface area (Å²) in [5, 5.41) is 13.0. The van der Waals surface area contributed by atoms with Crippen LogP contribution < -0.4 is 11.1 Å². The largest absolute Gasteiger partial charge is 0.458 e. The number of esters is 1. The average molecular weight is 441 g/mol. The number of carbonyl (C=O) groups is 2. The Hall–Kier alpha value is -1.65. The highest BCUT2D eigenvalue weighted by Gasteiger charge is 2.64. The van der Waals surface area contributed by atoms with Crippen molar-refractivity contribution in [3.63, 3.8) is 0 Å². The van der Waals surface area contributed by atoms with Crippen LogP contribution in [-0.4, -0.2) is 53.1 Å². The summed E-state index contributed by atoms with van der Waals surface area (Å²) in [6.45, 7) is 0.874. The highest BCUT2D eigenvalue weighted by Crippen LogP contribution is 2.64. The summed E-state index contributed by atoms with van der Waals surface area (Å²) >= 11 is 0. The zero-order chi connectivity index (χ0) is 22.1. The Balaban J connectivity index is 1.22. The van der Waals surface area contributed by atoms with Crippen molar-refractivity contribution in [3.05, 3.63) is 0 Å². The normalized spacial score (nSPS) is 47.3. The number of nitriles is 1. The molecule has 0 radical (unpaired) electrons. The van der Waals surface area contributed by atoms with Crippen molar-refractivity contribution < 1.29 is 14.3 Å². The smallest absolute Gasteiger partial charge is 0.323 e. The topological polar surface area (TPSA) is 108 Å². The minimum Gasteiger partial charge on any atom is -0.458 e. The number of hydrogen-bond donors (Lipinski definition) is 2. The van der Waals surface area contributed by atoms with Crippen LogP contribution in [0.15, 0.2) is 0 Å². The molecule has 174 valence electrons. The molecule has 1 amide bonds. The zero-order valence-electron chi connectivity index (χ0n) is 18.9. The van der Waals surface area contributed by atoms with Crippen molar-refractivity contribution >= 4 is 11.9 Å². The third-order valence-corrected chi connectivity index (χ3v) is 9.65. The van der Waals surface area contributed by atoms with Crippen LogP contribution in [0.1, 0.15) is 77.0 Å². The molecule has 3 N–H and O–H groups in total. The summed E-state index contributed by atoms with van der Waals surface area (Å²) < 4.78 is 6.36. The lowest BCUT2D eigenvalue weighted by molar-refractivity contribution is -0.207. The Labute approximate surface area is 190 Å². The minimum atomic E-state index is -0.599. The van der Waals surface area contributed by atoms with Gasteiger partial charge in [0.25, 0.3) is 0 Å². The van der Waals surface area contributed by atoms with Gasteiger partial charge in [-0.1, -0.05) is 12.8 Å². The third-order valence-electron chi connectivity index (χ3n) is 9.65. The first-order chi connectivity index (χ1) is 15.4. The maximum absolute atomic E-state index is 13.6. The predicted molar refractivity (Wildman–Crippen MR) is 117 cm³/mol. The van der Waals surface area contributed by atoms with Crippen molar-refractivity contribution in [2.75, 3.05) is 6.54 Å². The van der Waals surface area contributed by atoms with Gasteiger partial charge in [-0.25, -0.2) is 0 Å². The monoisotopic (exact) mass is 440 g/mol. The van der Waals surface area contributed by atoms with E-state index in [0.717, 1.165) is 70.8 Å². The lowest BCUT2D eigenvalue weighted by Gasteiger charge is -2.62. The molecule has 4 bridgehead atoms. The molecule has 0 aromatic carbocycles. The molecule has 0 spiro atoms. The molecule has 7 nitrogen and oxygen atoms in total. The Kier molecular flexibility index (Phi) is 4.86. The van der Waals surface area contributed by atoms with Gasteiger partial charge in [0, 0.05) is 6.04 Å². The summed E-state index contributed by atoms with van der Waals surface area (Å²) in [6.07, 6.45) is 11.6. The molecule has 7 aliphatic rings. The molecule has 0 aromatic rings. The lowest BCUT2D eigenvalue weighted by atomic mass is 9.46. The molecule has 32 heavy (non-hydrogen) atoms. The molecule has 5 saturated carbocycles. The molecule has 2 aliphatic heterocycles. The van der Waals surface area contributed by atoms with E-state index in [1.165, 1.54) is 6.42 Å². The van der Waals surface area contributed by atoms with Gasteiger partial charge in [0.15, 0.2) is 0 Å². The zero-order valence-corrected chi connectivity index (χ0v) is 18.9. The van der Waals surface area contributed by atoms with Gasteiger partial charge in [-0.05, 0) is 93.9 Å². The van der Waals surface area contributed by atoms with E-state index < -0.39 is 11.6 Å². The number of rotatable bonds is 4. The molecule has 7 heteroatoms. The first-order valence-electron chi connectivity index (χ1n) is 12.9. The summed E-state index contributed by atoms with van der Waals surface area (Å²) in [6, 6.07) is 1.43. The highest BCUT2D eigenvalue weighted by molar-refractivity contribution is 5.84. The molecule has 0 aromatic heterocycles. The van der Waals surface area contributed by atoms with E-state index >= 15 is 0 Å². The summed E-state index contributed by atoms with van der Waals surface area (Å²) in [4.78, 5) is 28.6. The number of nitrogens with zero attached hydrogens (tertiary/aromatic N) is 2. The highest BCUT2D eigenvalue weighted by atomic mass is 16.6. The van der Waals surface area contributed by atoms with E-state index in [4.69, 9.17) is 10.5 Å². The van der Waals surface area contributed by atoms with Crippen LogP contribution in [0.3, 0.4) is 0 Å². The van der Waals surface area contributed by atoms with Gasteiger partial charge >= 0.3 is 5.97 Å². The quantitative estimate of drug-likeness (QED) is 0.649. The molecule has 2 saturated heterocycles. The van der Waals surface area contributed by atoms with Crippen molar-refractivity contribution in [2.45, 2.75) is 107 Å². The molecular formula is C25H36N4O3. The van der Waals surface area contributed by atoms with Gasteiger partial charge in [0.05, 0.1) is 12.1 Å². The van der Waals surface area contributed by atoms with E-state index in [-0.39, 0.29) is 35.4 Å². The van der Waals surface area contributed by atoms with E-state index in [1.54, 1.807) is 0 Å². The number of ether oxygens (including phenoxy) is 1. The van der Waals surface area contributed by atoms with Gasteiger partial charge in [0.1, 0.15) is 17.7 Å². The van der Waals surface area contributed by atoms with Gasteiger partial charge in [-0.2, -0.15) is 5.26 Å². The standard InChI is InChI=1S/C25H36N4O3/c26-13-18-7-17-8-20(17)29(18)22(30)21(27)24-9-15-6-16(10-24)12-25(11-15,14-24)32-23(31)19-4-2-1-3-5-28-19/h15-21,28H,1-12,14,27H2/t15-,16?,17?,18-,19?,20?,21+,24?,25?/m0/s1. The number of carbonyl (C=O) groups excluding carboxylic acids is 2. The van der Waals surface area contributed by atoms with Crippen molar-refractivity contribution in [1.82, 2.24) is 10.2 Å². The fraction of sp³-hybridized carbons (Fsp3) is 0.880. The van der Waals surface area contributed by atoms with E-state index in [0.29, 0.717) is 24.2 Å². The number of hydrogen-bond acceptors (Lipinski definition) is 6. The SMILES string of the molecule is N#C[C@@H]1CC2CC2N1C(=O)[C@@H](N)C12CC3C[C@H](CC(OC(=O)C4CCCCCN4)(C3)C1)C2. The van der Waals surface area contributed by atoms with Gasteiger partial charge in [-0.15, -0.1) is 0 Å². The van der Waals surface area contributed by atoms with E-state index in [2.05, 4.69) is 11.4 Å². The number of fused-ring (bicyclic) bond motifs is 1. The van der Waals surface area contributed by atoms with Crippen LogP contribution in [0.2, 0.25) is 0 Å². The number of nitrogens with two attached hydrogens (primary N) is 1. The van der Waals surface area contributed by atoms with Crippen LogP contribution in [0, 0.1) is 34.5 Å². The Morgan fingerprint density at radius 2 is 1.88 bits per heavy atom. The van der Waals surface area contributed by atoms with Crippen LogP contribution in [0.25, 0.3) is 0 Å². The lowest BCUT2D eigenvalue weighted by Crippen LogP contribution is -2.66. The second-order valence-corrected chi connectivity index (χ2v) is 12.0. The third kappa shape index (κ3) is 3.28. The van der Waals surface area contributed by atoms with Crippen LogP contribution in [0.5, 0.6) is 0 Å². The summed E-state index contributed by atoms with van der Waals surface area (Å²) in [5.41, 5.74) is 6.03. The Bertz CT molecular complexity index is 831. The van der Waals surface area contributed by atoms with Crippen LogP contribution >= 0.6 is 0 Å². The summed E-state index contributed by atoms with van der Waals surface area (Å²) in [5.74, 6) is 1.31. The molecule has 7 fully saturated rings. The fourth-order valence-electron chi connectivity index (χ4n) is 8.56. The second kappa shape index (κ2) is 7.43. The average Bonchev–Trinajstić information content (AvgIpc) is 3.49. The van der Waals surface area contributed by atoms with Crippen molar-refractivity contribution in [2.24, 2.45) is 28.9 Å². The first-order valence-corrected chi connectivity index (χ1v) is 12.9. The molecule has 2 heterocycles. The molecule has 6 unspecified atom stereocenters. The summed E-state index contributed by atoms with van der Waals surface area (Å²) in [7, 11) is 0. The molecule has 7 rings (SSSR count). The van der Waals surface area contributed by atoms with E-state index in [9.17, 15) is 14.9 Å². The molecule has 5 aliphatic carbocycles. The van der Waals surface area contributed by atoms with Crippen molar-refractivity contribution in [1.29, 1.82) is 5.26 Å². The number of amides is 1. The maximum atomic E-state index is 13.6. The molecule has 9 atom stereocenters. The number of nitrogens with one attached hydrogen (secondary N) is 1. The minimum absolute atomic E-state index is 0.0320. The van der Waals surface area contributed by atoms with E-state index in [1.807, 2.05) is 4.90 Å². The number of piperidine rings is 1.